The van der Waals surface area contributed by atoms with Crippen LogP contribution in [0.3, 0.4) is 0 Å². The quantitative estimate of drug-likeness (QED) is 0.726. The molecule has 1 heterocycles. The van der Waals surface area contributed by atoms with Gasteiger partial charge in [-0.3, -0.25) is 0 Å². The molecule has 1 aromatic carbocycles. The Labute approximate surface area is 165 Å². The molecule has 1 N–H and O–H groups in total. The van der Waals surface area contributed by atoms with Crippen LogP contribution in [0, 0.1) is 0 Å². The average Bonchev–Trinajstić information content (AvgIpc) is 2.59. The summed E-state index contributed by atoms with van der Waals surface area (Å²) in [6.07, 6.45) is -4.68. The fourth-order valence-electron chi connectivity index (χ4n) is 2.99. The van der Waals surface area contributed by atoms with Gasteiger partial charge >= 0.3 is 18.1 Å². The molecule has 0 amide bonds. The van der Waals surface area contributed by atoms with Crippen LogP contribution in [0.2, 0.25) is 5.02 Å². The van der Waals surface area contributed by atoms with Gasteiger partial charge in [0.2, 0.25) is 0 Å². The Kier molecular flexibility index (Phi) is 6.77. The molecule has 1 unspecified atom stereocenters. The van der Waals surface area contributed by atoms with Crippen LogP contribution >= 0.6 is 11.6 Å². The van der Waals surface area contributed by atoms with E-state index in [1.54, 1.807) is 38.1 Å². The van der Waals surface area contributed by atoms with Crippen LogP contribution in [-0.4, -0.2) is 31.3 Å². The molecule has 0 fully saturated rings. The van der Waals surface area contributed by atoms with Crippen molar-refractivity contribution < 1.29 is 32.2 Å². The number of dihydropyridines is 1. The summed E-state index contributed by atoms with van der Waals surface area (Å²) in [7, 11) is 0. The zero-order chi connectivity index (χ0) is 21.1. The van der Waals surface area contributed by atoms with Crippen LogP contribution in [0.25, 0.3) is 0 Å². The molecular formula is C19H19ClF3NO4. The molecule has 9 heteroatoms. The fraction of sp³-hybridized carbons (Fsp3) is 0.368. The van der Waals surface area contributed by atoms with Gasteiger partial charge < -0.3 is 14.8 Å². The molecule has 152 valence electrons. The lowest BCUT2D eigenvalue weighted by molar-refractivity contribution is -0.183. The van der Waals surface area contributed by atoms with E-state index in [9.17, 15) is 22.8 Å². The van der Waals surface area contributed by atoms with Gasteiger partial charge in [-0.25, -0.2) is 9.59 Å². The van der Waals surface area contributed by atoms with Crippen molar-refractivity contribution in [3.8, 4) is 0 Å². The number of alkyl halides is 3. The third-order valence-electron chi connectivity index (χ3n) is 4.06. The van der Waals surface area contributed by atoms with Gasteiger partial charge in [-0.15, -0.1) is 0 Å². The third-order valence-corrected chi connectivity index (χ3v) is 4.40. The highest BCUT2D eigenvalue weighted by Gasteiger charge is 2.40. The molecule has 0 radical (unpaired) electrons. The van der Waals surface area contributed by atoms with Gasteiger partial charge in [-0.1, -0.05) is 29.8 Å². The molecule has 0 spiro atoms. The van der Waals surface area contributed by atoms with Crippen molar-refractivity contribution >= 4 is 23.5 Å². The predicted octanol–water partition coefficient (Wildman–Crippen LogP) is 4.24. The van der Waals surface area contributed by atoms with E-state index in [1.165, 1.54) is 6.92 Å². The summed E-state index contributed by atoms with van der Waals surface area (Å²) in [5, 5.41) is 3.10. The summed E-state index contributed by atoms with van der Waals surface area (Å²) in [6.45, 7) is 3.09. The number of ether oxygens (including phenoxy) is 2. The molecule has 0 saturated carbocycles. The van der Waals surface area contributed by atoms with Crippen molar-refractivity contribution in [1.29, 1.82) is 0 Å². The zero-order valence-electron chi connectivity index (χ0n) is 15.4. The number of esters is 2. The summed E-state index contributed by atoms with van der Waals surface area (Å²) >= 11 is 6.27. The minimum absolute atomic E-state index is 0.0829. The maximum absolute atomic E-state index is 12.6. The molecule has 28 heavy (non-hydrogen) atoms. The van der Waals surface area contributed by atoms with Crippen LogP contribution in [0.4, 0.5) is 13.2 Å². The Morgan fingerprint density at radius 3 is 2.11 bits per heavy atom. The van der Waals surface area contributed by atoms with Crippen LogP contribution in [0.15, 0.2) is 46.8 Å². The summed E-state index contributed by atoms with van der Waals surface area (Å²) in [5.74, 6) is -2.93. The van der Waals surface area contributed by atoms with Crippen molar-refractivity contribution in [2.75, 3.05) is 13.2 Å². The Balaban J connectivity index is 2.58. The van der Waals surface area contributed by atoms with Crippen molar-refractivity contribution in [1.82, 2.24) is 5.32 Å². The van der Waals surface area contributed by atoms with Crippen LogP contribution in [-0.2, 0) is 19.1 Å². The van der Waals surface area contributed by atoms with Crippen molar-refractivity contribution in [2.24, 2.45) is 0 Å². The minimum Gasteiger partial charge on any atom is -0.463 e. The summed E-state index contributed by atoms with van der Waals surface area (Å²) < 4.78 is 47.1. The van der Waals surface area contributed by atoms with Crippen molar-refractivity contribution in [3.63, 3.8) is 0 Å². The molecule has 1 atom stereocenters. The van der Waals surface area contributed by atoms with E-state index in [2.05, 4.69) is 10.1 Å². The Morgan fingerprint density at radius 1 is 1.07 bits per heavy atom. The second-order valence-electron chi connectivity index (χ2n) is 6.07. The maximum atomic E-state index is 12.6. The monoisotopic (exact) mass is 417 g/mol. The number of hydrogen-bond acceptors (Lipinski definition) is 5. The summed E-state index contributed by atoms with van der Waals surface area (Å²) in [4.78, 5) is 25.1. The van der Waals surface area contributed by atoms with E-state index in [0.29, 0.717) is 11.3 Å². The number of halogens is 4. The topological polar surface area (TPSA) is 64.6 Å². The largest absolute Gasteiger partial charge is 0.463 e. The van der Waals surface area contributed by atoms with Crippen molar-refractivity contribution in [3.05, 3.63) is 57.4 Å². The first-order valence-electron chi connectivity index (χ1n) is 8.40. The average molecular weight is 418 g/mol. The third kappa shape index (κ3) is 4.86. The van der Waals surface area contributed by atoms with Crippen LogP contribution < -0.4 is 5.32 Å². The summed E-state index contributed by atoms with van der Waals surface area (Å²) in [6, 6.07) is 6.46. The maximum Gasteiger partial charge on any atom is 0.422 e. The second-order valence-corrected chi connectivity index (χ2v) is 6.48. The SMILES string of the molecule is CCOC(=O)C1=C(C)NC(C)=C(C(=O)OCC(F)(F)F)C1c1ccccc1Cl. The first-order valence-corrected chi connectivity index (χ1v) is 8.78. The first kappa shape index (κ1) is 21.8. The predicted molar refractivity (Wildman–Crippen MR) is 96.4 cm³/mol. The fourth-order valence-corrected chi connectivity index (χ4v) is 3.23. The molecule has 1 aliphatic heterocycles. The van der Waals surface area contributed by atoms with Gasteiger partial charge in [-0.05, 0) is 32.4 Å². The van der Waals surface area contributed by atoms with E-state index in [-0.39, 0.29) is 28.5 Å². The van der Waals surface area contributed by atoms with E-state index >= 15 is 0 Å². The molecule has 1 aromatic rings. The minimum atomic E-state index is -4.68. The Morgan fingerprint density at radius 2 is 1.61 bits per heavy atom. The van der Waals surface area contributed by atoms with Crippen LogP contribution in [0.1, 0.15) is 32.3 Å². The van der Waals surface area contributed by atoms with E-state index in [0.717, 1.165) is 0 Å². The van der Waals surface area contributed by atoms with E-state index in [1.807, 2.05) is 0 Å². The number of rotatable bonds is 5. The number of benzene rings is 1. The van der Waals surface area contributed by atoms with Crippen LogP contribution in [0.5, 0.6) is 0 Å². The number of allylic oxidation sites excluding steroid dienone is 2. The smallest absolute Gasteiger partial charge is 0.422 e. The lowest BCUT2D eigenvalue weighted by Crippen LogP contribution is -2.33. The standard InChI is InChI=1S/C19H19ClF3NO4/c1-4-27-17(25)14-10(2)24-11(3)15(18(26)28-9-19(21,22)23)16(14)12-7-5-6-8-13(12)20/h5-8,16,24H,4,9H2,1-3H3. The molecule has 1 aliphatic rings. The molecule has 0 saturated heterocycles. The highest BCUT2D eigenvalue weighted by Crippen LogP contribution is 2.41. The molecule has 0 bridgehead atoms. The summed E-state index contributed by atoms with van der Waals surface area (Å²) in [5.41, 5.74) is 1.01. The number of hydrogen-bond donors (Lipinski definition) is 1. The number of carbonyl (C=O) groups excluding carboxylic acids is 2. The lowest BCUT2D eigenvalue weighted by atomic mass is 9.80. The molecule has 5 nitrogen and oxygen atoms in total. The van der Waals surface area contributed by atoms with Crippen molar-refractivity contribution in [2.45, 2.75) is 32.9 Å². The van der Waals surface area contributed by atoms with Gasteiger partial charge in [0.05, 0.1) is 23.7 Å². The Hall–Kier alpha value is -2.48. The van der Waals surface area contributed by atoms with Gasteiger partial charge in [0.1, 0.15) is 0 Å². The molecule has 2 rings (SSSR count). The lowest BCUT2D eigenvalue weighted by Gasteiger charge is -2.31. The normalized spacial score (nSPS) is 17.3. The zero-order valence-corrected chi connectivity index (χ0v) is 16.2. The highest BCUT2D eigenvalue weighted by atomic mass is 35.5. The van der Waals surface area contributed by atoms with Gasteiger partial charge in [-0.2, -0.15) is 13.2 Å². The Bertz CT molecular complexity index is 846. The molecule has 0 aliphatic carbocycles. The molecular weight excluding hydrogens is 399 g/mol. The number of nitrogens with one attached hydrogen (secondary N) is 1. The first-order chi connectivity index (χ1) is 13.1. The van der Waals surface area contributed by atoms with Gasteiger partial charge in [0.15, 0.2) is 6.61 Å². The second kappa shape index (κ2) is 8.68. The van der Waals surface area contributed by atoms with E-state index < -0.39 is 30.6 Å². The van der Waals surface area contributed by atoms with Gasteiger partial charge in [0, 0.05) is 16.4 Å². The molecule has 0 aromatic heterocycles. The van der Waals surface area contributed by atoms with Gasteiger partial charge in [0.25, 0.3) is 0 Å². The van der Waals surface area contributed by atoms with E-state index in [4.69, 9.17) is 16.3 Å². The number of carbonyl (C=O) groups is 2. The highest BCUT2D eigenvalue weighted by molar-refractivity contribution is 6.31.